The Morgan fingerprint density at radius 2 is 1.91 bits per heavy atom. The van der Waals surface area contributed by atoms with Gasteiger partial charge >= 0.3 is 0 Å². The van der Waals surface area contributed by atoms with Gasteiger partial charge in [0.2, 0.25) is 0 Å². The summed E-state index contributed by atoms with van der Waals surface area (Å²) < 4.78 is 0. The molecule has 0 bridgehead atoms. The fraction of sp³-hybridized carbons (Fsp3) is 0.0667. The van der Waals surface area contributed by atoms with Crippen LogP contribution in [0.3, 0.4) is 0 Å². The number of nitro groups is 1. The topological polar surface area (TPSA) is 108 Å². The van der Waals surface area contributed by atoms with Crippen LogP contribution in [0.1, 0.15) is 21.5 Å². The van der Waals surface area contributed by atoms with Crippen molar-refractivity contribution in [3.8, 4) is 5.75 Å². The van der Waals surface area contributed by atoms with Gasteiger partial charge in [-0.15, -0.1) is 0 Å². The van der Waals surface area contributed by atoms with Crippen molar-refractivity contribution in [2.24, 2.45) is 5.10 Å². The van der Waals surface area contributed by atoms with Crippen LogP contribution in [0.15, 0.2) is 47.6 Å². The first-order chi connectivity index (χ1) is 10.5. The molecule has 2 aromatic rings. The molecule has 0 radical (unpaired) electrons. The van der Waals surface area contributed by atoms with Crippen molar-refractivity contribution < 1.29 is 14.8 Å². The number of benzene rings is 2. The molecule has 7 nitrogen and oxygen atoms in total. The van der Waals surface area contributed by atoms with Gasteiger partial charge < -0.3 is 5.11 Å². The average molecular weight is 298 g/mol. The van der Waals surface area contributed by atoms with Crippen LogP contribution in [-0.2, 0) is 0 Å². The average Bonchev–Trinajstić information content (AvgIpc) is 2.49. The normalized spacial score (nSPS) is 10.6. The van der Waals surface area contributed by atoms with E-state index < -0.39 is 22.3 Å². The largest absolute Gasteiger partial charge is 0.868 e. The maximum absolute atomic E-state index is 11.8. The predicted octanol–water partition coefficient (Wildman–Crippen LogP) is 1.74. The Hall–Kier alpha value is -3.22. The highest BCUT2D eigenvalue weighted by atomic mass is 16.6. The molecular formula is C15H12N3O4-. The van der Waals surface area contributed by atoms with E-state index in [4.69, 9.17) is 0 Å². The second kappa shape index (κ2) is 6.49. The zero-order chi connectivity index (χ0) is 16.1. The number of hydrogen-bond acceptors (Lipinski definition) is 5. The van der Waals surface area contributed by atoms with Gasteiger partial charge in [-0.25, -0.2) is 5.43 Å². The molecule has 0 aliphatic rings. The van der Waals surface area contributed by atoms with Gasteiger partial charge in [0, 0.05) is 17.2 Å². The van der Waals surface area contributed by atoms with Crippen LogP contribution in [0.25, 0.3) is 0 Å². The Morgan fingerprint density at radius 3 is 2.55 bits per heavy atom. The number of hydrazone groups is 1. The minimum Gasteiger partial charge on any atom is -0.868 e. The van der Waals surface area contributed by atoms with E-state index in [1.807, 2.05) is 6.92 Å². The molecule has 0 unspecified atom stereocenters. The van der Waals surface area contributed by atoms with E-state index in [1.54, 1.807) is 24.3 Å². The highest BCUT2D eigenvalue weighted by Crippen LogP contribution is 2.22. The molecule has 0 atom stereocenters. The third kappa shape index (κ3) is 3.66. The van der Waals surface area contributed by atoms with Crippen molar-refractivity contribution in [3.05, 3.63) is 69.3 Å². The van der Waals surface area contributed by atoms with E-state index in [-0.39, 0.29) is 0 Å². The second-order valence-corrected chi connectivity index (χ2v) is 4.55. The minimum absolute atomic E-state index is 0.343. The fourth-order valence-electron chi connectivity index (χ4n) is 1.69. The lowest BCUT2D eigenvalue weighted by atomic mass is 10.1. The van der Waals surface area contributed by atoms with Crippen molar-refractivity contribution in [3.63, 3.8) is 0 Å². The lowest BCUT2D eigenvalue weighted by Gasteiger charge is -2.06. The van der Waals surface area contributed by atoms with Gasteiger partial charge in [0.1, 0.15) is 0 Å². The molecule has 0 saturated carbocycles. The number of nitrogens with one attached hydrogen (secondary N) is 1. The van der Waals surface area contributed by atoms with Gasteiger partial charge in [-0.3, -0.25) is 14.9 Å². The molecule has 22 heavy (non-hydrogen) atoms. The van der Waals surface area contributed by atoms with Crippen molar-refractivity contribution >= 4 is 17.8 Å². The van der Waals surface area contributed by atoms with Crippen LogP contribution >= 0.6 is 0 Å². The Labute approximate surface area is 126 Å². The van der Waals surface area contributed by atoms with Gasteiger partial charge in [-0.1, -0.05) is 29.8 Å². The summed E-state index contributed by atoms with van der Waals surface area (Å²) in [5.74, 6) is -1.07. The summed E-state index contributed by atoms with van der Waals surface area (Å²) in [5.41, 5.74) is 3.60. The van der Waals surface area contributed by atoms with Crippen LogP contribution in [0.4, 0.5) is 5.69 Å². The first kappa shape index (κ1) is 15.2. The third-order valence-corrected chi connectivity index (χ3v) is 2.87. The summed E-state index contributed by atoms with van der Waals surface area (Å²) in [6, 6.07) is 10.5. The number of aryl methyl sites for hydroxylation is 1. The molecule has 7 heteroatoms. The summed E-state index contributed by atoms with van der Waals surface area (Å²) in [6.45, 7) is 1.91. The lowest BCUT2D eigenvalue weighted by Crippen LogP contribution is -2.17. The van der Waals surface area contributed by atoms with Crippen molar-refractivity contribution in [1.82, 2.24) is 5.43 Å². The number of carbonyl (C=O) groups excluding carboxylic acids is 1. The smallest absolute Gasteiger partial charge is 0.271 e. The third-order valence-electron chi connectivity index (χ3n) is 2.87. The van der Waals surface area contributed by atoms with Crippen molar-refractivity contribution in [2.45, 2.75) is 6.92 Å². The van der Waals surface area contributed by atoms with Gasteiger partial charge in [-0.2, -0.15) is 5.10 Å². The molecule has 2 rings (SSSR count). The fourth-order valence-corrected chi connectivity index (χ4v) is 1.69. The van der Waals surface area contributed by atoms with Crippen LogP contribution < -0.4 is 10.5 Å². The van der Waals surface area contributed by atoms with E-state index in [0.29, 0.717) is 11.1 Å². The molecule has 1 amide bonds. The lowest BCUT2D eigenvalue weighted by molar-refractivity contribution is -0.398. The first-order valence-electron chi connectivity index (χ1n) is 6.33. The Balaban J connectivity index is 2.06. The summed E-state index contributed by atoms with van der Waals surface area (Å²) >= 11 is 0. The van der Waals surface area contributed by atoms with Gasteiger partial charge in [0.15, 0.2) is 0 Å². The summed E-state index contributed by atoms with van der Waals surface area (Å²) in [6.07, 6.45) is 1.23. The van der Waals surface area contributed by atoms with Crippen molar-refractivity contribution in [2.75, 3.05) is 0 Å². The Bertz CT molecular complexity index is 739. The highest BCUT2D eigenvalue weighted by Gasteiger charge is 2.07. The Kier molecular flexibility index (Phi) is 4.47. The molecule has 0 aliphatic carbocycles. The number of hydrogen-bond donors (Lipinski definition) is 1. The zero-order valence-corrected chi connectivity index (χ0v) is 11.6. The number of amides is 1. The van der Waals surface area contributed by atoms with Crippen LogP contribution in [0.2, 0.25) is 0 Å². The number of rotatable bonds is 4. The first-order valence-corrected chi connectivity index (χ1v) is 6.33. The van der Waals surface area contributed by atoms with E-state index in [9.17, 15) is 20.0 Å². The molecular weight excluding hydrogens is 286 g/mol. The van der Waals surface area contributed by atoms with E-state index >= 15 is 0 Å². The molecule has 2 aromatic carbocycles. The monoisotopic (exact) mass is 298 g/mol. The summed E-state index contributed by atoms with van der Waals surface area (Å²) in [7, 11) is 0. The summed E-state index contributed by atoms with van der Waals surface area (Å²) in [4.78, 5) is 21.7. The summed E-state index contributed by atoms with van der Waals surface area (Å²) in [5, 5.41) is 25.6. The van der Waals surface area contributed by atoms with Crippen LogP contribution in [0.5, 0.6) is 5.75 Å². The molecule has 0 aromatic heterocycles. The highest BCUT2D eigenvalue weighted by molar-refractivity contribution is 5.94. The van der Waals surface area contributed by atoms with Crippen molar-refractivity contribution in [1.29, 1.82) is 0 Å². The molecule has 0 aliphatic heterocycles. The van der Waals surface area contributed by atoms with E-state index in [1.165, 1.54) is 12.3 Å². The Morgan fingerprint density at radius 1 is 1.23 bits per heavy atom. The molecule has 112 valence electrons. The second-order valence-electron chi connectivity index (χ2n) is 4.55. The quantitative estimate of drug-likeness (QED) is 0.527. The van der Waals surface area contributed by atoms with E-state index in [0.717, 1.165) is 17.7 Å². The van der Waals surface area contributed by atoms with Gasteiger partial charge in [-0.05, 0) is 24.8 Å². The van der Waals surface area contributed by atoms with Gasteiger partial charge in [0.25, 0.3) is 11.6 Å². The van der Waals surface area contributed by atoms with Gasteiger partial charge in [0.05, 0.1) is 11.1 Å². The molecule has 0 saturated heterocycles. The minimum atomic E-state index is -0.759. The van der Waals surface area contributed by atoms with E-state index in [2.05, 4.69) is 10.5 Å². The zero-order valence-electron chi connectivity index (χ0n) is 11.6. The molecule has 1 N–H and O–H groups in total. The number of carbonyl (C=O) groups is 1. The molecule has 0 spiro atoms. The SMILES string of the molecule is Cc1ccc(C(=O)N/N=C\c2ccc([O-])c([N+](=O)[O-])c2)cc1. The van der Waals surface area contributed by atoms with Crippen LogP contribution in [0, 0.1) is 17.0 Å². The standard InChI is InChI=1S/C15H13N3O4/c1-10-2-5-12(6-3-10)15(20)17-16-9-11-4-7-14(19)13(8-11)18(21)22/h2-9,19H,1H3,(H,17,20)/p-1/b16-9-. The number of nitrogens with zero attached hydrogens (tertiary/aromatic N) is 2. The predicted molar refractivity (Wildman–Crippen MR) is 78.8 cm³/mol. The molecule has 0 fully saturated rings. The van der Waals surface area contributed by atoms with Crippen LogP contribution in [-0.4, -0.2) is 17.0 Å². The molecule has 0 heterocycles. The maximum Gasteiger partial charge on any atom is 0.271 e. The maximum atomic E-state index is 11.8. The number of nitro benzene ring substituents is 1.